The summed E-state index contributed by atoms with van der Waals surface area (Å²) in [6.45, 7) is 2.48. The second-order valence-electron chi connectivity index (χ2n) is 8.04. The molecule has 4 heterocycles. The predicted molar refractivity (Wildman–Crippen MR) is 117 cm³/mol. The zero-order chi connectivity index (χ0) is 23.3. The molecule has 174 valence electrons. The number of carboxylic acids is 1. The molecule has 2 aromatic heterocycles. The maximum Gasteiger partial charge on any atom is 0.416 e. The first kappa shape index (κ1) is 22.1. The fraction of sp³-hybridized carbons (Fsp3) is 0.421. The van der Waals surface area contributed by atoms with E-state index in [0.717, 1.165) is 29.1 Å². The third kappa shape index (κ3) is 4.40. The molecule has 1 N–H and O–H groups in total. The average molecular weight is 544 g/mol. The molecule has 33 heavy (non-hydrogen) atoms. The summed E-state index contributed by atoms with van der Waals surface area (Å²) in [5, 5.41) is 21.3. The van der Waals surface area contributed by atoms with Gasteiger partial charge in [0.15, 0.2) is 11.7 Å². The maximum absolute atomic E-state index is 13.2. The normalized spacial score (nSPS) is 20.5. The molecular weight excluding hydrogens is 527 g/mol. The highest BCUT2D eigenvalue weighted by Crippen LogP contribution is 2.41. The van der Waals surface area contributed by atoms with Crippen LogP contribution < -0.4 is 9.80 Å². The minimum atomic E-state index is -4.38. The molecule has 0 aliphatic carbocycles. The molecule has 14 heteroatoms. The Bertz CT molecular complexity index is 1190. The van der Waals surface area contributed by atoms with Crippen LogP contribution in [0.15, 0.2) is 28.9 Å². The second-order valence-corrected chi connectivity index (χ2v) is 9.90. The van der Waals surface area contributed by atoms with Crippen molar-refractivity contribution in [1.29, 1.82) is 0 Å². The zero-order valence-electron chi connectivity index (χ0n) is 16.9. The zero-order valence-corrected chi connectivity index (χ0v) is 19.3. The number of hydrogen-bond donors (Lipinski definition) is 1. The first-order valence-electron chi connectivity index (χ1n) is 10.00. The second kappa shape index (κ2) is 8.24. The van der Waals surface area contributed by atoms with Crippen LogP contribution in [-0.4, -0.2) is 62.4 Å². The smallest absolute Gasteiger partial charge is 0.416 e. The summed E-state index contributed by atoms with van der Waals surface area (Å²) in [6, 6.07) is 3.75. The van der Waals surface area contributed by atoms with Crippen LogP contribution in [0.5, 0.6) is 0 Å². The number of anilines is 2. The van der Waals surface area contributed by atoms with E-state index in [1.165, 1.54) is 23.5 Å². The van der Waals surface area contributed by atoms with Crippen molar-refractivity contribution in [2.45, 2.75) is 12.7 Å². The van der Waals surface area contributed by atoms with Gasteiger partial charge in [-0.1, -0.05) is 11.3 Å². The Hall–Kier alpha value is -2.74. The summed E-state index contributed by atoms with van der Waals surface area (Å²) < 4.78 is 40.1. The Morgan fingerprint density at radius 1 is 1.18 bits per heavy atom. The quantitative estimate of drug-likeness (QED) is 0.523. The van der Waals surface area contributed by atoms with Gasteiger partial charge >= 0.3 is 12.1 Å². The minimum Gasteiger partial charge on any atom is -0.480 e. The van der Waals surface area contributed by atoms with Crippen molar-refractivity contribution < 1.29 is 23.1 Å². The van der Waals surface area contributed by atoms with Crippen molar-refractivity contribution in [3.05, 3.63) is 34.4 Å². The summed E-state index contributed by atoms with van der Waals surface area (Å²) in [5.41, 5.74) is -0.0820. The lowest BCUT2D eigenvalue weighted by atomic mass is 10.0. The summed E-state index contributed by atoms with van der Waals surface area (Å²) in [4.78, 5) is 21.1. The van der Waals surface area contributed by atoms with Gasteiger partial charge in [-0.25, -0.2) is 4.98 Å². The van der Waals surface area contributed by atoms with Crippen molar-refractivity contribution in [3.63, 3.8) is 0 Å². The van der Waals surface area contributed by atoms with Crippen molar-refractivity contribution in [2.75, 3.05) is 36.0 Å². The largest absolute Gasteiger partial charge is 0.480 e. The van der Waals surface area contributed by atoms with Gasteiger partial charge in [0.2, 0.25) is 5.82 Å². The molecule has 0 spiro atoms. The van der Waals surface area contributed by atoms with Crippen molar-refractivity contribution in [2.24, 2.45) is 11.8 Å². The lowest BCUT2D eigenvalue weighted by Crippen LogP contribution is -2.29. The molecule has 2 fully saturated rings. The molecule has 0 bridgehead atoms. The summed E-state index contributed by atoms with van der Waals surface area (Å²) in [5.74, 6) is -0.111. The van der Waals surface area contributed by atoms with Gasteiger partial charge in [-0.3, -0.25) is 4.79 Å². The standard InChI is InChI=1S/C19H17BrF3N7O2S/c20-13-2-1-12(19(21,22)23)3-14(13)28-5-10-7-29(8-11(10)6-28)18-24-4-15(33-18)17-25-27-30(26-17)9-16(31)32/h1-4,10-11H,5-9H2,(H,31,32). The van der Waals surface area contributed by atoms with Crippen LogP contribution in [0.1, 0.15) is 5.56 Å². The average Bonchev–Trinajstić information content (AvgIpc) is 3.49. The van der Waals surface area contributed by atoms with Gasteiger partial charge in [0.1, 0.15) is 0 Å². The molecule has 2 aliphatic heterocycles. The molecule has 3 aromatic rings. The molecule has 1 aromatic carbocycles. The van der Waals surface area contributed by atoms with Gasteiger partial charge in [-0.15, -0.1) is 10.2 Å². The Balaban J connectivity index is 1.26. The number of fused-ring (bicyclic) bond motifs is 1. The van der Waals surface area contributed by atoms with Gasteiger partial charge in [-0.05, 0) is 39.3 Å². The number of carboxylic acid groups (broad SMARTS) is 1. The lowest BCUT2D eigenvalue weighted by Gasteiger charge is -2.24. The molecule has 5 rings (SSSR count). The number of hydrogen-bond acceptors (Lipinski definition) is 8. The first-order chi connectivity index (χ1) is 15.7. The third-order valence-electron chi connectivity index (χ3n) is 5.81. The molecule has 0 radical (unpaired) electrons. The topological polar surface area (TPSA) is 100 Å². The lowest BCUT2D eigenvalue weighted by molar-refractivity contribution is -0.138. The molecular formula is C19H17BrF3N7O2S. The number of nitrogens with zero attached hydrogens (tertiary/aromatic N) is 7. The van der Waals surface area contributed by atoms with E-state index >= 15 is 0 Å². The number of aromatic nitrogens is 5. The number of alkyl halides is 3. The first-order valence-corrected chi connectivity index (χ1v) is 11.6. The van der Waals surface area contributed by atoms with E-state index in [0.29, 0.717) is 45.8 Å². The summed E-state index contributed by atoms with van der Waals surface area (Å²) in [7, 11) is 0. The van der Waals surface area contributed by atoms with Crippen LogP contribution >= 0.6 is 27.3 Å². The van der Waals surface area contributed by atoms with Gasteiger partial charge in [0, 0.05) is 42.5 Å². The fourth-order valence-electron chi connectivity index (χ4n) is 4.32. The van der Waals surface area contributed by atoms with E-state index in [1.807, 2.05) is 4.90 Å². The van der Waals surface area contributed by atoms with Gasteiger partial charge in [0.05, 0.1) is 22.3 Å². The van der Waals surface area contributed by atoms with Crippen LogP contribution in [-0.2, 0) is 17.5 Å². The summed E-state index contributed by atoms with van der Waals surface area (Å²) in [6.07, 6.45) is -2.74. The highest BCUT2D eigenvalue weighted by atomic mass is 79.9. The Labute approximate surface area is 198 Å². The molecule has 2 atom stereocenters. The Morgan fingerprint density at radius 3 is 2.55 bits per heavy atom. The van der Waals surface area contributed by atoms with Gasteiger partial charge in [-0.2, -0.15) is 18.0 Å². The molecule has 0 saturated carbocycles. The third-order valence-corrected chi connectivity index (χ3v) is 7.54. The van der Waals surface area contributed by atoms with E-state index in [-0.39, 0.29) is 6.54 Å². The van der Waals surface area contributed by atoms with Crippen LogP contribution in [0, 0.1) is 11.8 Å². The SMILES string of the molecule is O=C(O)Cn1nnc(-c2cnc(N3CC4CN(c5cc(C(F)(F)F)ccc5Br)CC4C3)s2)n1. The molecule has 0 amide bonds. The number of aliphatic carboxylic acids is 1. The predicted octanol–water partition coefficient (Wildman–Crippen LogP) is 3.24. The minimum absolute atomic E-state index is 0.313. The van der Waals surface area contributed by atoms with Crippen LogP contribution in [0.4, 0.5) is 24.0 Å². The van der Waals surface area contributed by atoms with Gasteiger partial charge in [0.25, 0.3) is 0 Å². The van der Waals surface area contributed by atoms with E-state index in [1.54, 1.807) is 6.20 Å². The Kier molecular flexibility index (Phi) is 5.51. The van der Waals surface area contributed by atoms with E-state index in [4.69, 9.17) is 5.11 Å². The number of halogens is 4. The number of carbonyl (C=O) groups is 1. The van der Waals surface area contributed by atoms with Crippen molar-refractivity contribution >= 4 is 44.1 Å². The van der Waals surface area contributed by atoms with Crippen LogP contribution in [0.25, 0.3) is 10.7 Å². The monoisotopic (exact) mass is 543 g/mol. The van der Waals surface area contributed by atoms with Gasteiger partial charge < -0.3 is 14.9 Å². The number of tetrazole rings is 1. The maximum atomic E-state index is 13.2. The molecule has 9 nitrogen and oxygen atoms in total. The Morgan fingerprint density at radius 2 is 1.88 bits per heavy atom. The van der Waals surface area contributed by atoms with E-state index in [2.05, 4.69) is 41.2 Å². The van der Waals surface area contributed by atoms with Crippen molar-refractivity contribution in [1.82, 2.24) is 25.2 Å². The molecule has 2 aliphatic rings. The van der Waals surface area contributed by atoms with Crippen LogP contribution in [0.2, 0.25) is 0 Å². The number of benzene rings is 1. The molecule has 2 saturated heterocycles. The molecule has 2 unspecified atom stereocenters. The highest BCUT2D eigenvalue weighted by molar-refractivity contribution is 9.10. The number of rotatable bonds is 5. The van der Waals surface area contributed by atoms with Crippen LogP contribution in [0.3, 0.4) is 0 Å². The van der Waals surface area contributed by atoms with Crippen molar-refractivity contribution in [3.8, 4) is 10.7 Å². The van der Waals surface area contributed by atoms with E-state index in [9.17, 15) is 18.0 Å². The summed E-state index contributed by atoms with van der Waals surface area (Å²) >= 11 is 4.80. The highest BCUT2D eigenvalue weighted by Gasteiger charge is 2.42. The number of thiazole rings is 1. The fourth-order valence-corrected chi connectivity index (χ4v) is 5.68. The van der Waals surface area contributed by atoms with E-state index < -0.39 is 17.7 Å².